The third-order valence-electron chi connectivity index (χ3n) is 0. The van der Waals surface area contributed by atoms with Crippen LogP contribution >= 0.6 is 0 Å². The number of carbonyl (C=O) groups is 1. The normalized spacial score (nSPS) is 4.00. The largest absolute Gasteiger partial charge is 3.00 e. The second-order valence-electron chi connectivity index (χ2n) is 0.320. The maximum absolute atomic E-state index is 8.25. The van der Waals surface area contributed by atoms with Gasteiger partial charge in [-0.25, -0.2) is 0 Å². The summed E-state index contributed by atoms with van der Waals surface area (Å²) in [5, 5.41) is 23.0. The van der Waals surface area contributed by atoms with Gasteiger partial charge >= 0.3 is 37.2 Å². The fraction of sp³-hybridized carbons (Fsp3) is 0. The van der Waals surface area contributed by atoms with E-state index >= 15 is 0 Å². The molecule has 0 fully saturated rings. The Balaban J connectivity index is -0.0000000233. The number of carboxylic acid groups (broad SMARTS) is 1. The zero-order valence-corrected chi connectivity index (χ0v) is 7.80. The van der Waals surface area contributed by atoms with Crippen LogP contribution in [0.3, 0.4) is 0 Å². The molecule has 6 nitrogen and oxygen atoms in total. The summed E-state index contributed by atoms with van der Waals surface area (Å²) >= 11 is 0. The first-order valence-electron chi connectivity index (χ1n) is 1.02. The van der Waals surface area contributed by atoms with Gasteiger partial charge in [0, 0.05) is 6.47 Å². The minimum absolute atomic E-state index is 0. The molecule has 0 aromatic heterocycles. The number of nitrogens with zero attached hydrogens (tertiary/aromatic N) is 1. The minimum Gasteiger partial charge on any atom is -0.554 e. The molecule has 0 saturated heterocycles. The smallest absolute Gasteiger partial charge is 0.554 e. The molecule has 0 N–H and O–H groups in total. The van der Waals surface area contributed by atoms with Crippen LogP contribution < -0.4 is 5.11 Å². The second-order valence-corrected chi connectivity index (χ2v) is 0.320. The third kappa shape index (κ3) is 10300. The van der Waals surface area contributed by atoms with Crippen molar-refractivity contribution < 1.29 is 15.0 Å². The van der Waals surface area contributed by atoms with E-state index in [2.05, 4.69) is 0 Å². The van der Waals surface area contributed by atoms with Crippen molar-refractivity contribution in [3.63, 3.8) is 0 Å². The van der Waals surface area contributed by atoms with Crippen molar-refractivity contribution in [1.29, 1.82) is 0 Å². The first kappa shape index (κ1) is 23.2. The molecule has 0 spiro atoms. The van der Waals surface area contributed by atoms with Crippen LogP contribution in [0.15, 0.2) is 0 Å². The van der Waals surface area contributed by atoms with E-state index in [1.54, 1.807) is 0 Å². The van der Waals surface area contributed by atoms with Gasteiger partial charge in [-0.15, -0.1) is 0 Å². The van der Waals surface area contributed by atoms with E-state index in [0.717, 1.165) is 0 Å². The van der Waals surface area contributed by atoms with E-state index in [0.29, 0.717) is 0 Å². The Morgan fingerprint density at radius 2 is 1.33 bits per heavy atom. The SMILES string of the molecule is O=C[O-].O=[N+]([O-])[O-].[Al+3].[Ga+3]. The molecule has 0 aliphatic rings. The zero-order valence-electron chi connectivity index (χ0n) is 4.22. The van der Waals surface area contributed by atoms with E-state index in [9.17, 15) is 0 Å². The predicted molar refractivity (Wildman–Crippen MR) is 27.9 cm³/mol. The Morgan fingerprint density at radius 3 is 1.33 bits per heavy atom. The topological polar surface area (TPSA) is 106 Å². The van der Waals surface area contributed by atoms with Crippen molar-refractivity contribution in [3.05, 3.63) is 15.3 Å². The molecule has 8 heteroatoms. The molecule has 0 bridgehead atoms. The summed E-state index contributed by atoms with van der Waals surface area (Å²) in [6, 6.07) is 0. The molecule has 0 aliphatic carbocycles. The van der Waals surface area contributed by atoms with Gasteiger partial charge < -0.3 is 25.2 Å². The Labute approximate surface area is 74.2 Å². The number of rotatable bonds is 0. The molecule has 42 valence electrons. The van der Waals surface area contributed by atoms with Crippen LogP contribution in [0.5, 0.6) is 0 Å². The maximum Gasteiger partial charge on any atom is 3.00 e. The summed E-state index contributed by atoms with van der Waals surface area (Å²) in [5.74, 6) is 0. The van der Waals surface area contributed by atoms with E-state index in [1.165, 1.54) is 0 Å². The van der Waals surface area contributed by atoms with E-state index in [1.807, 2.05) is 0 Å². The van der Waals surface area contributed by atoms with Crippen LogP contribution in [0.25, 0.3) is 0 Å². The van der Waals surface area contributed by atoms with Crippen LogP contribution in [-0.2, 0) is 4.79 Å². The van der Waals surface area contributed by atoms with Crippen molar-refractivity contribution in [2.75, 3.05) is 0 Å². The predicted octanol–water partition coefficient (Wildman–Crippen LogP) is -2.63. The van der Waals surface area contributed by atoms with Crippen molar-refractivity contribution in [3.8, 4) is 0 Å². The van der Waals surface area contributed by atoms with Gasteiger partial charge in [0.1, 0.15) is 0 Å². The number of hydrogen-bond acceptors (Lipinski definition) is 5. The first-order valence-corrected chi connectivity index (χ1v) is 1.02. The molecule has 0 aromatic carbocycles. The average Bonchev–Trinajstić information content (AvgIpc) is 1.33. The summed E-state index contributed by atoms with van der Waals surface area (Å²) in [5.41, 5.74) is 0. The average molecular weight is 204 g/mol. The Hall–Kier alpha value is -0.161. The Bertz CT molecular complexity index is 64.0. The van der Waals surface area contributed by atoms with Crippen LogP contribution in [-0.4, -0.2) is 48.7 Å². The van der Waals surface area contributed by atoms with Gasteiger partial charge in [0.2, 0.25) is 0 Å². The Morgan fingerprint density at radius 1 is 1.33 bits per heavy atom. The van der Waals surface area contributed by atoms with Crippen LogP contribution in [0.1, 0.15) is 0 Å². The number of hydrogen-bond donors (Lipinski definition) is 0. The maximum atomic E-state index is 8.25. The van der Waals surface area contributed by atoms with E-state index < -0.39 is 11.6 Å². The van der Waals surface area contributed by atoms with Gasteiger partial charge in [0.25, 0.3) is 0 Å². The van der Waals surface area contributed by atoms with Gasteiger partial charge in [-0.1, -0.05) is 0 Å². The molecule has 0 rings (SSSR count). The summed E-state index contributed by atoms with van der Waals surface area (Å²) in [7, 11) is 0. The molecular formula is CHAlGaNO5+4. The van der Waals surface area contributed by atoms with Crippen molar-refractivity contribution in [2.45, 2.75) is 0 Å². The Kier molecular flexibility index (Phi) is 64.1. The van der Waals surface area contributed by atoms with Crippen LogP contribution in [0.2, 0.25) is 0 Å². The van der Waals surface area contributed by atoms with E-state index in [-0.39, 0.29) is 37.2 Å². The van der Waals surface area contributed by atoms with Crippen molar-refractivity contribution >= 4 is 43.6 Å². The summed E-state index contributed by atoms with van der Waals surface area (Å²) in [4.78, 5) is 16.5. The van der Waals surface area contributed by atoms with Gasteiger partial charge in [-0.2, -0.15) is 0 Å². The minimum atomic E-state index is -1.75. The fourth-order valence-electron chi connectivity index (χ4n) is 0. The van der Waals surface area contributed by atoms with Gasteiger partial charge in [0.15, 0.2) is 0 Å². The molecular weight excluding hydrogens is 203 g/mol. The molecule has 9 heavy (non-hydrogen) atoms. The molecule has 0 radical (unpaired) electrons. The van der Waals surface area contributed by atoms with Crippen LogP contribution in [0.4, 0.5) is 0 Å². The van der Waals surface area contributed by atoms with E-state index in [4.69, 9.17) is 25.2 Å². The zero-order chi connectivity index (χ0) is 6.28. The summed E-state index contributed by atoms with van der Waals surface area (Å²) in [6.07, 6.45) is 0. The van der Waals surface area contributed by atoms with Crippen molar-refractivity contribution in [2.24, 2.45) is 0 Å². The summed E-state index contributed by atoms with van der Waals surface area (Å²) in [6.45, 7) is -0.500. The van der Waals surface area contributed by atoms with Gasteiger partial charge in [0.05, 0.1) is 5.09 Å². The molecule has 0 heterocycles. The molecule has 0 atom stereocenters. The first-order chi connectivity index (χ1) is 3.15. The van der Waals surface area contributed by atoms with Gasteiger partial charge in [-0.05, 0) is 0 Å². The quantitative estimate of drug-likeness (QED) is 0.185. The fourth-order valence-corrected chi connectivity index (χ4v) is 0. The monoisotopic (exact) mass is 203 g/mol. The molecule has 0 amide bonds. The second kappa shape index (κ2) is 24.9. The number of carbonyl (C=O) groups excluding carboxylic acids is 1. The molecule has 0 aliphatic heterocycles. The van der Waals surface area contributed by atoms with Crippen LogP contribution in [0, 0.1) is 15.3 Å². The van der Waals surface area contributed by atoms with Crippen molar-refractivity contribution in [1.82, 2.24) is 0 Å². The molecule has 0 unspecified atom stereocenters. The van der Waals surface area contributed by atoms with Gasteiger partial charge in [-0.3, -0.25) is 0 Å². The molecule has 0 aromatic rings. The molecule has 0 saturated carbocycles. The third-order valence-corrected chi connectivity index (χ3v) is 0. The summed E-state index contributed by atoms with van der Waals surface area (Å²) < 4.78 is 0. The standard InChI is InChI=1S/CH2O2.Al.Ga.NO3/c2-1-3;;;2-1(3)4/h1H,(H,2,3);;;/q;2*+3;-1/p-1.